The fourth-order valence-electron chi connectivity index (χ4n) is 1.68. The Hall–Kier alpha value is -0.710. The fourth-order valence-corrected chi connectivity index (χ4v) is 2.49. The molecular weight excluding hydrogens is 226 g/mol. The Balaban J connectivity index is 2.21. The molecular formula is C11H21NO3S. The highest BCUT2D eigenvalue weighted by molar-refractivity contribution is 7.99. The Bertz CT molecular complexity index is 337. The third-order valence-electron chi connectivity index (χ3n) is 2.66. The molecule has 0 saturated carbocycles. The van der Waals surface area contributed by atoms with Crippen LogP contribution < -0.4 is 0 Å². The van der Waals surface area contributed by atoms with Crippen LogP contribution in [0.2, 0.25) is 0 Å². The van der Waals surface area contributed by atoms with Crippen molar-refractivity contribution < 1.29 is 13.7 Å². The van der Waals surface area contributed by atoms with Crippen LogP contribution in [0.1, 0.15) is 26.2 Å². The molecule has 5 heteroatoms. The molecule has 1 fully saturated rings. The third kappa shape index (κ3) is 4.43. The minimum Gasteiger partial charge on any atom is -0.444 e. The van der Waals surface area contributed by atoms with Crippen LogP contribution in [0, 0.1) is 0 Å². The molecule has 0 radical (unpaired) electrons. The summed E-state index contributed by atoms with van der Waals surface area (Å²) in [5.41, 5.74) is 0. The van der Waals surface area contributed by atoms with E-state index >= 15 is 0 Å². The Kier molecular flexibility index (Phi) is 4.65. The first-order valence-corrected chi connectivity index (χ1v) is 7.98. The smallest absolute Gasteiger partial charge is 0.410 e. The predicted octanol–water partition coefficient (Wildman–Crippen LogP) is 1.34. The van der Waals surface area contributed by atoms with Gasteiger partial charge in [0.2, 0.25) is 0 Å². The minimum absolute atomic E-state index is 0.0516. The lowest BCUT2D eigenvalue weighted by atomic mass is 10.2. The van der Waals surface area contributed by atoms with Gasteiger partial charge in [-0.15, -0.1) is 0 Å². The van der Waals surface area contributed by atoms with Crippen molar-refractivity contribution in [2.75, 3.05) is 25.1 Å². The van der Waals surface area contributed by atoms with Gasteiger partial charge in [-0.05, 0) is 34.7 Å². The number of carbonyl (C=O) groups is 1. The van der Waals surface area contributed by atoms with Gasteiger partial charge in [0, 0.05) is 18.6 Å². The normalized spacial score (nSPS) is 24.2. The molecule has 0 aromatic rings. The van der Waals surface area contributed by atoms with Crippen molar-refractivity contribution in [1.82, 2.24) is 4.90 Å². The summed E-state index contributed by atoms with van der Waals surface area (Å²) in [4.78, 5) is 13.1. The molecule has 16 heavy (non-hydrogen) atoms. The minimum atomic E-state index is -1.88. The van der Waals surface area contributed by atoms with Gasteiger partial charge in [0.1, 0.15) is 6.10 Å². The number of amides is 1. The van der Waals surface area contributed by atoms with E-state index < -0.39 is 9.52 Å². The lowest BCUT2D eigenvalue weighted by molar-refractivity contribution is 0.130. The van der Waals surface area contributed by atoms with Gasteiger partial charge in [0.25, 0.3) is 0 Å². The zero-order chi connectivity index (χ0) is 12.2. The van der Waals surface area contributed by atoms with Crippen molar-refractivity contribution in [3.8, 4) is 0 Å². The van der Waals surface area contributed by atoms with E-state index in [0.29, 0.717) is 18.8 Å². The van der Waals surface area contributed by atoms with E-state index in [0.717, 1.165) is 19.3 Å². The summed E-state index contributed by atoms with van der Waals surface area (Å²) in [5, 5.41) is 0. The number of unbranched alkanes of at least 4 members (excludes halogenated alkanes) is 1. The summed E-state index contributed by atoms with van der Waals surface area (Å²) >= 11 is 0. The summed E-state index contributed by atoms with van der Waals surface area (Å²) in [6.45, 7) is 3.41. The van der Waals surface area contributed by atoms with Crippen LogP contribution in [0.25, 0.3) is 0 Å². The first-order valence-electron chi connectivity index (χ1n) is 5.68. The second kappa shape index (κ2) is 5.57. The largest absolute Gasteiger partial charge is 0.444 e. The maximum absolute atomic E-state index is 11.4. The standard InChI is InChI=1S/C11H21NO3S/c1-4-10-9-12(11(13)15-10)7-5-6-8-16(2,3)14/h10H,2,4-9H2,1,3H3/t10-,16?/m0/s1. The monoisotopic (exact) mass is 247 g/mol. The van der Waals surface area contributed by atoms with Crippen LogP contribution in [-0.4, -0.2) is 52.3 Å². The Morgan fingerprint density at radius 2 is 2.25 bits per heavy atom. The maximum Gasteiger partial charge on any atom is 0.410 e. The molecule has 0 aliphatic carbocycles. The van der Waals surface area contributed by atoms with Gasteiger partial charge in [-0.25, -0.2) is 4.79 Å². The van der Waals surface area contributed by atoms with Crippen molar-refractivity contribution in [2.24, 2.45) is 0 Å². The Morgan fingerprint density at radius 1 is 1.56 bits per heavy atom. The van der Waals surface area contributed by atoms with E-state index in [9.17, 15) is 9.00 Å². The van der Waals surface area contributed by atoms with Crippen LogP contribution in [0.3, 0.4) is 0 Å². The van der Waals surface area contributed by atoms with Crippen molar-refractivity contribution in [2.45, 2.75) is 32.3 Å². The molecule has 1 heterocycles. The average Bonchev–Trinajstić information content (AvgIpc) is 2.53. The summed E-state index contributed by atoms with van der Waals surface area (Å²) in [6.07, 6.45) is 4.09. The molecule has 1 amide bonds. The van der Waals surface area contributed by atoms with Gasteiger partial charge in [0.15, 0.2) is 0 Å². The van der Waals surface area contributed by atoms with Crippen LogP contribution in [0.15, 0.2) is 0 Å². The molecule has 94 valence electrons. The van der Waals surface area contributed by atoms with Crippen molar-refractivity contribution in [3.63, 3.8) is 0 Å². The van der Waals surface area contributed by atoms with Crippen molar-refractivity contribution in [1.29, 1.82) is 0 Å². The second-order valence-electron chi connectivity index (χ2n) is 4.46. The van der Waals surface area contributed by atoms with E-state index in [4.69, 9.17) is 4.74 Å². The number of hydrogen-bond donors (Lipinski definition) is 0. The molecule has 1 unspecified atom stereocenters. The highest BCUT2D eigenvalue weighted by atomic mass is 32.2. The Labute approximate surface area is 98.0 Å². The van der Waals surface area contributed by atoms with Gasteiger partial charge >= 0.3 is 6.09 Å². The van der Waals surface area contributed by atoms with Gasteiger partial charge in [-0.2, -0.15) is 0 Å². The van der Waals surface area contributed by atoms with Gasteiger partial charge in [-0.3, -0.25) is 4.21 Å². The molecule has 0 aromatic heterocycles. The first-order chi connectivity index (χ1) is 7.42. The van der Waals surface area contributed by atoms with Crippen molar-refractivity contribution >= 4 is 21.5 Å². The maximum atomic E-state index is 11.4. The molecule has 2 atom stereocenters. The molecule has 1 aliphatic heterocycles. The molecule has 0 spiro atoms. The van der Waals surface area contributed by atoms with Crippen LogP contribution in [-0.2, 0) is 14.3 Å². The Morgan fingerprint density at radius 3 is 2.75 bits per heavy atom. The summed E-state index contributed by atoms with van der Waals surface area (Å²) in [5.74, 6) is 4.23. The SMILES string of the molecule is C=S(C)(=O)CCCCN1C[C@H](CC)OC1=O. The number of cyclic esters (lactones) is 1. The van der Waals surface area contributed by atoms with E-state index in [1.807, 2.05) is 6.92 Å². The summed E-state index contributed by atoms with van der Waals surface area (Å²) < 4.78 is 16.5. The number of rotatable bonds is 6. The summed E-state index contributed by atoms with van der Waals surface area (Å²) in [6, 6.07) is 0. The zero-order valence-electron chi connectivity index (χ0n) is 10.1. The van der Waals surface area contributed by atoms with Gasteiger partial charge in [-0.1, -0.05) is 6.92 Å². The molecule has 0 bridgehead atoms. The topological polar surface area (TPSA) is 46.6 Å². The van der Waals surface area contributed by atoms with Crippen LogP contribution >= 0.6 is 0 Å². The van der Waals surface area contributed by atoms with Gasteiger partial charge < -0.3 is 9.64 Å². The molecule has 1 aliphatic rings. The molecule has 1 rings (SSSR count). The van der Waals surface area contributed by atoms with E-state index in [-0.39, 0.29) is 12.2 Å². The fraction of sp³-hybridized carbons (Fsp3) is 0.818. The predicted molar refractivity (Wildman–Crippen MR) is 67.4 cm³/mol. The number of ether oxygens (including phenoxy) is 1. The molecule has 0 N–H and O–H groups in total. The lowest BCUT2D eigenvalue weighted by Crippen LogP contribution is -2.26. The second-order valence-corrected chi connectivity index (χ2v) is 7.23. The summed E-state index contributed by atoms with van der Waals surface area (Å²) in [7, 11) is -1.88. The first kappa shape index (κ1) is 13.4. The molecule has 0 aromatic carbocycles. The van der Waals surface area contributed by atoms with E-state index in [2.05, 4.69) is 5.87 Å². The average molecular weight is 247 g/mol. The number of hydrogen-bond acceptors (Lipinski definition) is 3. The van der Waals surface area contributed by atoms with Gasteiger partial charge in [0.05, 0.1) is 6.54 Å². The zero-order valence-corrected chi connectivity index (χ0v) is 10.9. The van der Waals surface area contributed by atoms with Crippen molar-refractivity contribution in [3.05, 3.63) is 0 Å². The lowest BCUT2D eigenvalue weighted by Gasteiger charge is -2.12. The highest BCUT2D eigenvalue weighted by Gasteiger charge is 2.29. The van der Waals surface area contributed by atoms with E-state index in [1.54, 1.807) is 11.2 Å². The van der Waals surface area contributed by atoms with E-state index in [1.165, 1.54) is 0 Å². The quantitative estimate of drug-likeness (QED) is 0.525. The molecule has 1 saturated heterocycles. The van der Waals surface area contributed by atoms with Crippen LogP contribution in [0.5, 0.6) is 0 Å². The number of nitrogens with zero attached hydrogens (tertiary/aromatic N) is 1. The number of carbonyl (C=O) groups excluding carboxylic acids is 1. The highest BCUT2D eigenvalue weighted by Crippen LogP contribution is 2.14. The third-order valence-corrected chi connectivity index (χ3v) is 3.81. The van der Waals surface area contributed by atoms with Crippen LogP contribution in [0.4, 0.5) is 4.79 Å². The molecule has 4 nitrogen and oxygen atoms in total.